The molecule has 29 heavy (non-hydrogen) atoms. The van der Waals surface area contributed by atoms with Crippen LogP contribution >= 0.6 is 11.8 Å². The number of carbonyl (C=O) groups is 1. The average Bonchev–Trinajstić information content (AvgIpc) is 3.25. The Morgan fingerprint density at radius 1 is 1.03 bits per heavy atom. The number of ether oxygens (including phenoxy) is 3. The second kappa shape index (κ2) is 9.83. The third-order valence-electron chi connectivity index (χ3n) is 4.03. The van der Waals surface area contributed by atoms with Crippen molar-refractivity contribution < 1.29 is 23.4 Å². The van der Waals surface area contributed by atoms with Crippen LogP contribution in [0.25, 0.3) is 11.5 Å². The molecule has 0 spiro atoms. The highest BCUT2D eigenvalue weighted by atomic mass is 32.2. The number of thioether (sulfide) groups is 1. The van der Waals surface area contributed by atoms with E-state index in [-0.39, 0.29) is 11.7 Å². The van der Waals surface area contributed by atoms with Gasteiger partial charge in [0, 0.05) is 17.7 Å². The number of hydrogen-bond donors (Lipinski definition) is 1. The van der Waals surface area contributed by atoms with Crippen molar-refractivity contribution in [2.75, 3.05) is 27.1 Å². The van der Waals surface area contributed by atoms with E-state index in [4.69, 9.17) is 18.6 Å². The minimum Gasteiger partial charge on any atom is -0.497 e. The lowest BCUT2D eigenvalue weighted by atomic mass is 10.2. The zero-order valence-electron chi connectivity index (χ0n) is 16.3. The molecule has 0 fully saturated rings. The van der Waals surface area contributed by atoms with E-state index < -0.39 is 0 Å². The first-order chi connectivity index (χ1) is 14.1. The zero-order valence-corrected chi connectivity index (χ0v) is 17.1. The number of benzene rings is 2. The van der Waals surface area contributed by atoms with Gasteiger partial charge in [0.2, 0.25) is 11.8 Å². The average molecular weight is 415 g/mol. The van der Waals surface area contributed by atoms with E-state index in [0.717, 1.165) is 16.9 Å². The minimum atomic E-state index is -0.163. The molecule has 1 amide bonds. The Kier molecular flexibility index (Phi) is 6.96. The molecule has 0 atom stereocenters. The molecular weight excluding hydrogens is 394 g/mol. The number of aromatic nitrogens is 2. The molecule has 1 N–H and O–H groups in total. The molecular formula is C20H21N3O5S. The van der Waals surface area contributed by atoms with E-state index in [9.17, 15) is 4.79 Å². The molecule has 0 saturated heterocycles. The Morgan fingerprint density at radius 2 is 1.83 bits per heavy atom. The predicted molar refractivity (Wildman–Crippen MR) is 108 cm³/mol. The van der Waals surface area contributed by atoms with E-state index in [1.807, 2.05) is 36.4 Å². The topological polar surface area (TPSA) is 95.7 Å². The molecule has 1 heterocycles. The van der Waals surface area contributed by atoms with E-state index in [1.54, 1.807) is 27.4 Å². The molecule has 9 heteroatoms. The Morgan fingerprint density at radius 3 is 2.52 bits per heavy atom. The fourth-order valence-electron chi connectivity index (χ4n) is 2.58. The first-order valence-corrected chi connectivity index (χ1v) is 9.70. The molecule has 0 unspecified atom stereocenters. The molecule has 1 aromatic heterocycles. The monoisotopic (exact) mass is 415 g/mol. The Balaban J connectivity index is 1.53. The third kappa shape index (κ3) is 5.20. The van der Waals surface area contributed by atoms with Crippen LogP contribution < -0.4 is 19.5 Å². The van der Waals surface area contributed by atoms with Gasteiger partial charge in [-0.25, -0.2) is 0 Å². The van der Waals surface area contributed by atoms with E-state index in [0.29, 0.717) is 29.2 Å². The maximum absolute atomic E-state index is 12.2. The van der Waals surface area contributed by atoms with Gasteiger partial charge in [0.05, 0.1) is 27.1 Å². The quantitative estimate of drug-likeness (QED) is 0.533. The van der Waals surface area contributed by atoms with Crippen LogP contribution in [0.4, 0.5) is 0 Å². The number of nitrogens with zero attached hydrogens (tertiary/aromatic N) is 2. The van der Waals surface area contributed by atoms with E-state index in [2.05, 4.69) is 15.5 Å². The van der Waals surface area contributed by atoms with Crippen LogP contribution in [-0.4, -0.2) is 43.2 Å². The summed E-state index contributed by atoms with van der Waals surface area (Å²) < 4.78 is 21.4. The number of amides is 1. The lowest BCUT2D eigenvalue weighted by Gasteiger charge is -2.12. The second-order valence-electron chi connectivity index (χ2n) is 5.82. The standard InChI is InChI=1S/C20H21N3O5S/c1-25-15-9-7-13(8-10-15)19-22-23-20(28-19)29-12-17(24)21-11-14-5-4-6-16(26-2)18(14)27-3/h4-10H,11-12H2,1-3H3,(H,21,24). The molecule has 0 aliphatic rings. The lowest BCUT2D eigenvalue weighted by molar-refractivity contribution is -0.118. The summed E-state index contributed by atoms with van der Waals surface area (Å²) in [5, 5.41) is 11.2. The Hall–Kier alpha value is -3.20. The van der Waals surface area contributed by atoms with Crippen LogP contribution in [-0.2, 0) is 11.3 Å². The number of methoxy groups -OCH3 is 3. The fraction of sp³-hybridized carbons (Fsp3) is 0.250. The van der Waals surface area contributed by atoms with Gasteiger partial charge in [-0.2, -0.15) is 0 Å². The summed E-state index contributed by atoms with van der Waals surface area (Å²) in [6.45, 7) is 0.320. The van der Waals surface area contributed by atoms with Crippen molar-refractivity contribution in [2.24, 2.45) is 0 Å². The maximum atomic E-state index is 12.2. The highest BCUT2D eigenvalue weighted by molar-refractivity contribution is 7.99. The summed E-state index contributed by atoms with van der Waals surface area (Å²) in [5.74, 6) is 2.33. The number of para-hydroxylation sites is 1. The summed E-state index contributed by atoms with van der Waals surface area (Å²) >= 11 is 1.17. The van der Waals surface area contributed by atoms with Gasteiger partial charge in [-0.05, 0) is 30.3 Å². The molecule has 3 aromatic rings. The van der Waals surface area contributed by atoms with Crippen LogP contribution in [0, 0.1) is 0 Å². The first kappa shape index (κ1) is 20.5. The van der Waals surface area contributed by atoms with Gasteiger partial charge in [0.15, 0.2) is 11.5 Å². The van der Waals surface area contributed by atoms with Crippen molar-refractivity contribution in [3.63, 3.8) is 0 Å². The van der Waals surface area contributed by atoms with Gasteiger partial charge >= 0.3 is 0 Å². The summed E-state index contributed by atoms with van der Waals surface area (Å²) in [6, 6.07) is 12.8. The van der Waals surface area contributed by atoms with Crippen LogP contribution in [0.2, 0.25) is 0 Å². The number of rotatable bonds is 9. The number of hydrogen-bond acceptors (Lipinski definition) is 8. The van der Waals surface area contributed by atoms with Crippen molar-refractivity contribution >= 4 is 17.7 Å². The smallest absolute Gasteiger partial charge is 0.277 e. The summed E-state index contributed by atoms with van der Waals surface area (Å²) in [4.78, 5) is 12.2. The van der Waals surface area contributed by atoms with Crippen molar-refractivity contribution in [3.8, 4) is 28.7 Å². The van der Waals surface area contributed by atoms with E-state index >= 15 is 0 Å². The molecule has 152 valence electrons. The minimum absolute atomic E-state index is 0.149. The van der Waals surface area contributed by atoms with Gasteiger partial charge in [-0.3, -0.25) is 4.79 Å². The number of carbonyl (C=O) groups excluding carboxylic acids is 1. The van der Waals surface area contributed by atoms with Gasteiger partial charge in [0.25, 0.3) is 5.22 Å². The van der Waals surface area contributed by atoms with E-state index in [1.165, 1.54) is 11.8 Å². The van der Waals surface area contributed by atoms with Gasteiger partial charge in [-0.15, -0.1) is 10.2 Å². The third-order valence-corrected chi connectivity index (χ3v) is 4.85. The van der Waals surface area contributed by atoms with Gasteiger partial charge in [0.1, 0.15) is 5.75 Å². The van der Waals surface area contributed by atoms with Crippen LogP contribution in [0.1, 0.15) is 5.56 Å². The van der Waals surface area contributed by atoms with Crippen LogP contribution in [0.5, 0.6) is 17.2 Å². The number of nitrogens with one attached hydrogen (secondary N) is 1. The molecule has 3 rings (SSSR count). The largest absolute Gasteiger partial charge is 0.497 e. The zero-order chi connectivity index (χ0) is 20.6. The predicted octanol–water partition coefficient (Wildman–Crippen LogP) is 3.17. The summed E-state index contributed by atoms with van der Waals surface area (Å²) in [6.07, 6.45) is 0. The van der Waals surface area contributed by atoms with Gasteiger partial charge in [-0.1, -0.05) is 23.9 Å². The van der Waals surface area contributed by atoms with Crippen molar-refractivity contribution in [1.29, 1.82) is 0 Å². The maximum Gasteiger partial charge on any atom is 0.277 e. The van der Waals surface area contributed by atoms with Crippen molar-refractivity contribution in [1.82, 2.24) is 15.5 Å². The van der Waals surface area contributed by atoms with Crippen LogP contribution in [0.15, 0.2) is 52.1 Å². The Bertz CT molecular complexity index is 959. The molecule has 0 radical (unpaired) electrons. The second-order valence-corrected chi connectivity index (χ2v) is 6.75. The van der Waals surface area contributed by atoms with Crippen molar-refractivity contribution in [3.05, 3.63) is 48.0 Å². The van der Waals surface area contributed by atoms with Gasteiger partial charge < -0.3 is 23.9 Å². The normalized spacial score (nSPS) is 10.4. The Labute approximate surface area is 172 Å². The molecule has 0 aliphatic carbocycles. The highest BCUT2D eigenvalue weighted by Gasteiger charge is 2.13. The molecule has 2 aromatic carbocycles. The fourth-order valence-corrected chi connectivity index (χ4v) is 3.18. The van der Waals surface area contributed by atoms with Crippen LogP contribution in [0.3, 0.4) is 0 Å². The lowest BCUT2D eigenvalue weighted by Crippen LogP contribution is -2.24. The molecule has 0 bridgehead atoms. The first-order valence-electron chi connectivity index (χ1n) is 8.72. The SMILES string of the molecule is COc1ccc(-c2nnc(SCC(=O)NCc3cccc(OC)c3OC)o2)cc1. The molecule has 8 nitrogen and oxygen atoms in total. The molecule has 0 aliphatic heterocycles. The highest BCUT2D eigenvalue weighted by Crippen LogP contribution is 2.30. The van der Waals surface area contributed by atoms with Crippen molar-refractivity contribution in [2.45, 2.75) is 11.8 Å². The summed E-state index contributed by atoms with van der Waals surface area (Å²) in [7, 11) is 4.74. The summed E-state index contributed by atoms with van der Waals surface area (Å²) in [5.41, 5.74) is 1.60. The molecule has 0 saturated carbocycles.